The van der Waals surface area contributed by atoms with E-state index in [4.69, 9.17) is 15.2 Å². The fourth-order valence-electron chi connectivity index (χ4n) is 4.16. The van der Waals surface area contributed by atoms with E-state index in [1.807, 2.05) is 6.07 Å². The predicted molar refractivity (Wildman–Crippen MR) is 148 cm³/mol. The minimum absolute atomic E-state index is 0.134. The van der Waals surface area contributed by atoms with Crippen LogP contribution in [0.2, 0.25) is 0 Å². The van der Waals surface area contributed by atoms with Crippen molar-refractivity contribution in [3.8, 4) is 17.1 Å². The highest BCUT2D eigenvalue weighted by Gasteiger charge is 2.36. The molecule has 0 atom stereocenters. The average Bonchev–Trinajstić information content (AvgIpc) is 2.91. The molecule has 0 spiro atoms. The molecule has 4 N–H and O–H groups in total. The molecule has 15 heteroatoms. The van der Waals surface area contributed by atoms with Gasteiger partial charge >= 0.3 is 6.18 Å². The fourth-order valence-corrected chi connectivity index (χ4v) is 4.16. The van der Waals surface area contributed by atoms with Gasteiger partial charge in [0, 0.05) is 12.7 Å². The van der Waals surface area contributed by atoms with Gasteiger partial charge in [0.25, 0.3) is 11.1 Å². The molecule has 0 bridgehead atoms. The number of halogens is 4. The number of anilines is 2. The normalized spacial score (nSPS) is 13.3. The number of benzene rings is 1. The average molecular weight is 592 g/mol. The first kappa shape index (κ1) is 30.4. The molecule has 0 amide bonds. The molecule has 1 saturated heterocycles. The highest BCUT2D eigenvalue weighted by atomic mass is 19.4. The Morgan fingerprint density at radius 1 is 1.21 bits per heavy atom. The van der Waals surface area contributed by atoms with E-state index in [2.05, 4.69) is 27.3 Å². The number of fused-ring (bicyclic) bond motifs is 1. The molecule has 3 aromatic heterocycles. The largest absolute Gasteiger partial charge is 0.491 e. The number of H-pyrrole nitrogens is 1. The summed E-state index contributed by atoms with van der Waals surface area (Å²) in [6, 6.07) is 4.87. The first-order valence-corrected chi connectivity index (χ1v) is 13.0. The Morgan fingerprint density at radius 3 is 2.57 bits per heavy atom. The summed E-state index contributed by atoms with van der Waals surface area (Å²) >= 11 is 0. The molecule has 0 unspecified atom stereocenters. The zero-order valence-electron chi connectivity index (χ0n) is 22.8. The van der Waals surface area contributed by atoms with Gasteiger partial charge in [0.15, 0.2) is 17.4 Å². The number of hydrogen-bond donors (Lipinski definition) is 3. The van der Waals surface area contributed by atoms with Gasteiger partial charge in [-0.05, 0) is 30.0 Å². The first-order chi connectivity index (χ1) is 20.0. The number of aromatic nitrogens is 5. The predicted octanol–water partition coefficient (Wildman–Crippen LogP) is 3.98. The Hall–Kier alpha value is -4.53. The number of pyridine rings is 1. The number of aromatic amines is 1. The lowest BCUT2D eigenvalue weighted by Crippen LogP contribution is -2.40. The van der Waals surface area contributed by atoms with Gasteiger partial charge in [0.05, 0.1) is 55.4 Å². The third-order valence-corrected chi connectivity index (χ3v) is 6.43. The first-order valence-electron chi connectivity index (χ1n) is 13.0. The molecule has 5 rings (SSSR count). The van der Waals surface area contributed by atoms with Crippen molar-refractivity contribution >= 4 is 22.3 Å². The maximum Gasteiger partial charge on any atom is 0.423 e. The second-order valence-corrected chi connectivity index (χ2v) is 9.46. The molecule has 0 saturated carbocycles. The number of hydrogen-bond acceptors (Lipinski definition) is 9. The van der Waals surface area contributed by atoms with Gasteiger partial charge < -0.3 is 25.1 Å². The van der Waals surface area contributed by atoms with Crippen LogP contribution >= 0.6 is 0 Å². The van der Waals surface area contributed by atoms with Crippen LogP contribution < -0.4 is 26.9 Å². The molecular weight excluding hydrogens is 562 g/mol. The van der Waals surface area contributed by atoms with Gasteiger partial charge in [-0.15, -0.1) is 0 Å². The summed E-state index contributed by atoms with van der Waals surface area (Å²) in [6.07, 6.45) is 2.33. The number of alkyl halides is 3. The van der Waals surface area contributed by atoms with Crippen LogP contribution in [-0.4, -0.2) is 51.1 Å². The van der Waals surface area contributed by atoms with E-state index >= 15 is 0 Å². The van der Waals surface area contributed by atoms with Crippen LogP contribution in [-0.2, 0) is 17.5 Å². The Bertz CT molecular complexity index is 1670. The van der Waals surface area contributed by atoms with E-state index in [9.17, 15) is 27.2 Å². The van der Waals surface area contributed by atoms with Gasteiger partial charge in [-0.25, -0.2) is 19.5 Å². The number of ether oxygens (including phenoxy) is 2. The van der Waals surface area contributed by atoms with Crippen LogP contribution in [0.5, 0.6) is 5.75 Å². The number of nitrogens with one attached hydrogen (secondary N) is 2. The van der Waals surface area contributed by atoms with Gasteiger partial charge in [-0.1, -0.05) is 19.8 Å². The molecule has 1 fully saturated rings. The molecule has 1 aliphatic rings. The smallest absolute Gasteiger partial charge is 0.423 e. The lowest BCUT2D eigenvalue weighted by atomic mass is 10.1. The molecule has 0 radical (unpaired) electrons. The van der Waals surface area contributed by atoms with Gasteiger partial charge in [-0.2, -0.15) is 18.3 Å². The van der Waals surface area contributed by atoms with Gasteiger partial charge in [-0.3, -0.25) is 9.59 Å². The summed E-state index contributed by atoms with van der Waals surface area (Å²) in [5.74, 6) is 0.655. The maximum absolute atomic E-state index is 15.0. The van der Waals surface area contributed by atoms with E-state index in [1.165, 1.54) is 19.4 Å². The number of nitrogen functional groups attached to an aromatic ring is 1. The van der Waals surface area contributed by atoms with Crippen LogP contribution in [0.3, 0.4) is 0 Å². The number of nitrogens with zero attached hydrogens (tertiary/aromatic N) is 4. The Kier molecular flexibility index (Phi) is 9.40. The third-order valence-electron chi connectivity index (χ3n) is 6.43. The van der Waals surface area contributed by atoms with Gasteiger partial charge in [0.2, 0.25) is 0 Å². The SMILES string of the molecule is CCCCCn1ccc2cc(-c3ncc(OC)c(NC4COC4)n3)c(F)cc2c1=O.Nc1cn[nH]c(=O)c1C(F)(F)F. The summed E-state index contributed by atoms with van der Waals surface area (Å²) in [6.45, 7) is 3.91. The van der Waals surface area contributed by atoms with E-state index in [0.29, 0.717) is 42.1 Å². The van der Waals surface area contributed by atoms with Crippen LogP contribution in [0.25, 0.3) is 22.2 Å². The summed E-state index contributed by atoms with van der Waals surface area (Å²) < 4.78 is 63.1. The van der Waals surface area contributed by atoms with Crippen molar-refractivity contribution in [3.05, 3.63) is 68.9 Å². The molecule has 11 nitrogen and oxygen atoms in total. The van der Waals surface area contributed by atoms with E-state index < -0.39 is 28.8 Å². The number of nitrogens with two attached hydrogens (primary N) is 1. The molecule has 4 heterocycles. The molecular formula is C27H29F4N7O4. The quantitative estimate of drug-likeness (QED) is 0.204. The molecule has 42 heavy (non-hydrogen) atoms. The van der Waals surface area contributed by atoms with Gasteiger partial charge in [0.1, 0.15) is 11.4 Å². The standard InChI is InChI=1S/C22H25FN4O3.C5H4F3N3O/c1-3-4-5-7-27-8-6-14-9-17(18(23)10-16(14)22(27)28)20-24-11-19(29-2)21(26-20)25-15-12-30-13-15;6-5(7,8)3-2(9)1-10-11-4(3)12/h6,8-11,15H,3-5,7,12-13H2,1-2H3,(H,24,25,26);1H,(H3,9,11,12). The number of rotatable bonds is 8. The number of aryl methyl sites for hydroxylation is 1. The lowest BCUT2D eigenvalue weighted by Gasteiger charge is -2.27. The molecule has 1 aliphatic heterocycles. The van der Waals surface area contributed by atoms with Crippen molar-refractivity contribution in [1.82, 2.24) is 24.7 Å². The van der Waals surface area contributed by atoms with E-state index in [0.717, 1.165) is 25.5 Å². The Balaban J connectivity index is 0.000000283. The molecule has 1 aromatic carbocycles. The minimum Gasteiger partial charge on any atom is -0.491 e. The van der Waals surface area contributed by atoms with Crippen molar-refractivity contribution in [2.24, 2.45) is 0 Å². The van der Waals surface area contributed by atoms with E-state index in [1.54, 1.807) is 21.9 Å². The topological polar surface area (TPSA) is 150 Å². The third kappa shape index (κ3) is 6.84. The maximum atomic E-state index is 15.0. The van der Waals surface area contributed by atoms with Crippen LogP contribution in [0.1, 0.15) is 31.7 Å². The molecule has 0 aliphatic carbocycles. The fraction of sp³-hybridized carbons (Fsp3) is 0.370. The number of methoxy groups -OCH3 is 1. The monoisotopic (exact) mass is 591 g/mol. The highest BCUT2D eigenvalue weighted by molar-refractivity contribution is 5.86. The molecule has 4 aromatic rings. The summed E-state index contributed by atoms with van der Waals surface area (Å²) in [4.78, 5) is 32.0. The van der Waals surface area contributed by atoms with Crippen molar-refractivity contribution in [1.29, 1.82) is 0 Å². The second kappa shape index (κ2) is 13.0. The van der Waals surface area contributed by atoms with Crippen molar-refractivity contribution in [2.75, 3.05) is 31.4 Å². The van der Waals surface area contributed by atoms with Crippen LogP contribution in [0, 0.1) is 5.82 Å². The van der Waals surface area contributed by atoms with E-state index in [-0.39, 0.29) is 23.0 Å². The zero-order valence-corrected chi connectivity index (χ0v) is 22.8. The van der Waals surface area contributed by atoms with Crippen LogP contribution in [0.15, 0.2) is 46.4 Å². The lowest BCUT2D eigenvalue weighted by molar-refractivity contribution is -0.138. The Labute approximate surface area is 236 Å². The van der Waals surface area contributed by atoms with Crippen LogP contribution in [0.4, 0.5) is 29.1 Å². The van der Waals surface area contributed by atoms with Crippen molar-refractivity contribution in [2.45, 2.75) is 44.9 Å². The van der Waals surface area contributed by atoms with Crippen molar-refractivity contribution in [3.63, 3.8) is 0 Å². The Morgan fingerprint density at radius 2 is 1.98 bits per heavy atom. The minimum atomic E-state index is -4.74. The summed E-state index contributed by atoms with van der Waals surface area (Å²) in [7, 11) is 1.53. The highest BCUT2D eigenvalue weighted by Crippen LogP contribution is 2.30. The summed E-state index contributed by atoms with van der Waals surface area (Å²) in [5, 5.41) is 8.98. The second-order valence-electron chi connectivity index (χ2n) is 9.46. The summed E-state index contributed by atoms with van der Waals surface area (Å²) in [5.41, 5.74) is 1.55. The molecule has 224 valence electrons. The zero-order chi connectivity index (χ0) is 30.4. The van der Waals surface area contributed by atoms with Crippen molar-refractivity contribution < 1.29 is 27.0 Å². The number of unbranched alkanes of at least 4 members (excludes halogenated alkanes) is 2.